The summed E-state index contributed by atoms with van der Waals surface area (Å²) in [5.41, 5.74) is 2.41. The summed E-state index contributed by atoms with van der Waals surface area (Å²) in [6.07, 6.45) is 0.633. The molecule has 2 rings (SSSR count). The maximum absolute atomic E-state index is 12.0. The molecule has 2 aromatic rings. The normalized spacial score (nSPS) is 10.4. The smallest absolute Gasteiger partial charge is 0.272 e. The van der Waals surface area contributed by atoms with Crippen molar-refractivity contribution in [3.05, 3.63) is 63.2 Å². The van der Waals surface area contributed by atoms with Gasteiger partial charge in [0.15, 0.2) is 11.5 Å². The number of nitrogens with zero attached hydrogens (tertiary/aromatic N) is 2. The van der Waals surface area contributed by atoms with Crippen molar-refractivity contribution in [2.75, 3.05) is 20.8 Å². The molecule has 0 aliphatic heterocycles. The molecule has 0 spiro atoms. The summed E-state index contributed by atoms with van der Waals surface area (Å²) < 4.78 is 10.5. The van der Waals surface area contributed by atoms with Gasteiger partial charge in [0.2, 0.25) is 5.91 Å². The Labute approximate surface area is 158 Å². The zero-order valence-electron chi connectivity index (χ0n) is 16.0. The number of hydrogen-bond donors (Lipinski definition) is 0. The SMILES string of the molecule is COc1ccc(CCN(Cc2ccc(C)c([N+](=O)[O-])c2)C(C)=O)cc1OC. The Morgan fingerprint density at radius 2 is 1.74 bits per heavy atom. The number of methoxy groups -OCH3 is 2. The van der Waals surface area contributed by atoms with Gasteiger partial charge in [-0.25, -0.2) is 0 Å². The summed E-state index contributed by atoms with van der Waals surface area (Å²) in [4.78, 5) is 24.4. The number of nitro benzene ring substituents is 1. The fraction of sp³-hybridized carbons (Fsp3) is 0.350. The molecule has 7 heteroatoms. The molecule has 27 heavy (non-hydrogen) atoms. The van der Waals surface area contributed by atoms with Crippen LogP contribution in [0.2, 0.25) is 0 Å². The monoisotopic (exact) mass is 372 g/mol. The highest BCUT2D eigenvalue weighted by Crippen LogP contribution is 2.28. The topological polar surface area (TPSA) is 81.9 Å². The van der Waals surface area contributed by atoms with Crippen LogP contribution in [-0.4, -0.2) is 36.5 Å². The van der Waals surface area contributed by atoms with Gasteiger partial charge in [-0.3, -0.25) is 14.9 Å². The zero-order valence-corrected chi connectivity index (χ0v) is 16.0. The van der Waals surface area contributed by atoms with Crippen molar-refractivity contribution in [2.24, 2.45) is 0 Å². The highest BCUT2D eigenvalue weighted by Gasteiger charge is 2.15. The lowest BCUT2D eigenvalue weighted by molar-refractivity contribution is -0.385. The van der Waals surface area contributed by atoms with Gasteiger partial charge in [-0.05, 0) is 36.6 Å². The van der Waals surface area contributed by atoms with Gasteiger partial charge >= 0.3 is 0 Å². The quantitative estimate of drug-likeness (QED) is 0.523. The third-order valence-electron chi connectivity index (χ3n) is 4.41. The lowest BCUT2D eigenvalue weighted by Gasteiger charge is -2.21. The van der Waals surface area contributed by atoms with Crippen LogP contribution < -0.4 is 9.47 Å². The van der Waals surface area contributed by atoms with Gasteiger partial charge in [0, 0.05) is 31.6 Å². The first-order valence-electron chi connectivity index (χ1n) is 8.56. The van der Waals surface area contributed by atoms with Crippen molar-refractivity contribution in [3.63, 3.8) is 0 Å². The number of carbonyl (C=O) groups excluding carboxylic acids is 1. The molecule has 0 aliphatic carbocycles. The van der Waals surface area contributed by atoms with E-state index in [1.807, 2.05) is 24.3 Å². The third kappa shape index (κ3) is 5.20. The number of nitro groups is 1. The van der Waals surface area contributed by atoms with Crippen LogP contribution in [0.3, 0.4) is 0 Å². The summed E-state index contributed by atoms with van der Waals surface area (Å²) in [5, 5.41) is 11.1. The van der Waals surface area contributed by atoms with E-state index in [1.165, 1.54) is 13.0 Å². The van der Waals surface area contributed by atoms with Gasteiger partial charge in [-0.2, -0.15) is 0 Å². The van der Waals surface area contributed by atoms with Crippen LogP contribution in [0.1, 0.15) is 23.6 Å². The van der Waals surface area contributed by atoms with Crippen molar-refractivity contribution in [2.45, 2.75) is 26.8 Å². The van der Waals surface area contributed by atoms with Gasteiger partial charge in [-0.15, -0.1) is 0 Å². The lowest BCUT2D eigenvalue weighted by atomic mass is 10.1. The van der Waals surface area contributed by atoms with Crippen LogP contribution in [0.25, 0.3) is 0 Å². The second-order valence-corrected chi connectivity index (χ2v) is 6.26. The van der Waals surface area contributed by atoms with Crippen molar-refractivity contribution in [3.8, 4) is 11.5 Å². The highest BCUT2D eigenvalue weighted by atomic mass is 16.6. The van der Waals surface area contributed by atoms with Crippen molar-refractivity contribution >= 4 is 11.6 Å². The second-order valence-electron chi connectivity index (χ2n) is 6.26. The van der Waals surface area contributed by atoms with Crippen LogP contribution in [0.5, 0.6) is 11.5 Å². The van der Waals surface area contributed by atoms with Crippen LogP contribution in [-0.2, 0) is 17.8 Å². The van der Waals surface area contributed by atoms with Crippen molar-refractivity contribution in [1.29, 1.82) is 0 Å². The minimum atomic E-state index is -0.402. The molecular weight excluding hydrogens is 348 g/mol. The van der Waals surface area contributed by atoms with Gasteiger partial charge in [0.1, 0.15) is 0 Å². The minimum Gasteiger partial charge on any atom is -0.493 e. The van der Waals surface area contributed by atoms with Crippen LogP contribution >= 0.6 is 0 Å². The van der Waals surface area contributed by atoms with E-state index in [9.17, 15) is 14.9 Å². The highest BCUT2D eigenvalue weighted by molar-refractivity contribution is 5.73. The van der Waals surface area contributed by atoms with Crippen molar-refractivity contribution < 1.29 is 19.2 Å². The maximum atomic E-state index is 12.0. The zero-order chi connectivity index (χ0) is 20.0. The first-order valence-corrected chi connectivity index (χ1v) is 8.56. The summed E-state index contributed by atoms with van der Waals surface area (Å²) in [5.74, 6) is 1.20. The molecule has 0 unspecified atom stereocenters. The first kappa shape index (κ1) is 20.2. The van der Waals surface area contributed by atoms with E-state index < -0.39 is 4.92 Å². The Kier molecular flexibility index (Phi) is 6.76. The Hall–Kier alpha value is -3.09. The standard InChI is InChI=1S/C20H24N2O5/c1-14-5-6-17(11-18(14)22(24)25)13-21(15(2)23)10-9-16-7-8-19(26-3)20(12-16)27-4/h5-8,11-12H,9-10,13H2,1-4H3. The summed E-state index contributed by atoms with van der Waals surface area (Å²) >= 11 is 0. The summed E-state index contributed by atoms with van der Waals surface area (Å²) in [6, 6.07) is 10.7. The molecule has 144 valence electrons. The third-order valence-corrected chi connectivity index (χ3v) is 4.41. The number of rotatable bonds is 8. The number of amides is 1. The van der Waals surface area contributed by atoms with E-state index in [0.717, 1.165) is 11.1 Å². The molecule has 0 bridgehead atoms. The molecule has 2 aromatic carbocycles. The Balaban J connectivity index is 2.12. The minimum absolute atomic E-state index is 0.0656. The molecule has 0 N–H and O–H groups in total. The number of hydrogen-bond acceptors (Lipinski definition) is 5. The van der Waals surface area contributed by atoms with E-state index in [1.54, 1.807) is 32.1 Å². The summed E-state index contributed by atoms with van der Waals surface area (Å²) in [6.45, 7) is 4.01. The van der Waals surface area contributed by atoms with Crippen LogP contribution in [0.4, 0.5) is 5.69 Å². The van der Waals surface area contributed by atoms with E-state index in [0.29, 0.717) is 36.6 Å². The van der Waals surface area contributed by atoms with Gasteiger partial charge in [0.25, 0.3) is 5.69 Å². The lowest BCUT2D eigenvalue weighted by Crippen LogP contribution is -2.30. The molecule has 7 nitrogen and oxygen atoms in total. The molecule has 0 fully saturated rings. The van der Waals surface area contributed by atoms with Crippen LogP contribution in [0.15, 0.2) is 36.4 Å². The fourth-order valence-electron chi connectivity index (χ4n) is 2.82. The summed E-state index contributed by atoms with van der Waals surface area (Å²) in [7, 11) is 3.16. The molecule has 0 radical (unpaired) electrons. The number of ether oxygens (including phenoxy) is 2. The maximum Gasteiger partial charge on any atom is 0.272 e. The second kappa shape index (κ2) is 9.02. The molecule has 0 saturated carbocycles. The molecule has 0 atom stereocenters. The van der Waals surface area contributed by atoms with E-state index in [4.69, 9.17) is 9.47 Å². The number of carbonyl (C=O) groups is 1. The van der Waals surface area contributed by atoms with E-state index in [-0.39, 0.29) is 11.6 Å². The molecule has 0 aliphatic rings. The molecule has 1 amide bonds. The Morgan fingerprint density at radius 1 is 1.07 bits per heavy atom. The van der Waals surface area contributed by atoms with E-state index in [2.05, 4.69) is 0 Å². The van der Waals surface area contributed by atoms with E-state index >= 15 is 0 Å². The fourth-order valence-corrected chi connectivity index (χ4v) is 2.82. The molecule has 0 heterocycles. The number of benzene rings is 2. The molecule has 0 aromatic heterocycles. The average molecular weight is 372 g/mol. The van der Waals surface area contributed by atoms with Gasteiger partial charge < -0.3 is 14.4 Å². The largest absolute Gasteiger partial charge is 0.493 e. The Bertz CT molecular complexity index is 835. The number of aryl methyl sites for hydroxylation is 1. The Morgan fingerprint density at radius 3 is 2.33 bits per heavy atom. The predicted octanol–water partition coefficient (Wildman–Crippen LogP) is 3.51. The van der Waals surface area contributed by atoms with Gasteiger partial charge in [0.05, 0.1) is 19.1 Å². The first-order chi connectivity index (χ1) is 12.8. The average Bonchev–Trinajstić information content (AvgIpc) is 2.65. The molecular formula is C20H24N2O5. The van der Waals surface area contributed by atoms with Crippen molar-refractivity contribution in [1.82, 2.24) is 4.90 Å². The van der Waals surface area contributed by atoms with Crippen LogP contribution in [0, 0.1) is 17.0 Å². The predicted molar refractivity (Wildman–Crippen MR) is 102 cm³/mol. The molecule has 0 saturated heterocycles. The van der Waals surface area contributed by atoms with Gasteiger partial charge in [-0.1, -0.05) is 18.2 Å².